The highest BCUT2D eigenvalue weighted by Gasteiger charge is 2.56. The number of nitrogens with zero attached hydrogens (tertiary/aromatic N) is 1. The molecule has 1 fully saturated rings. The normalized spacial score (nSPS) is 22.2. The number of aliphatic carboxylic acids is 1. The summed E-state index contributed by atoms with van der Waals surface area (Å²) >= 11 is 1.25. The van der Waals surface area contributed by atoms with Crippen molar-refractivity contribution in [3.63, 3.8) is 0 Å². The smallest absolute Gasteiger partial charge is 0.353 e. The number of rotatable bonds is 12. The maximum absolute atomic E-state index is 12.2. The average Bonchev–Trinajstić information content (AvgIpc) is 3.04. The summed E-state index contributed by atoms with van der Waals surface area (Å²) in [5, 5.41) is 43.4. The first-order chi connectivity index (χ1) is 14.9. The lowest BCUT2D eigenvalue weighted by Gasteiger charge is -2.44. The predicted molar refractivity (Wildman–Crippen MR) is 115 cm³/mol. The number of carbonyl (C=O) groups is 4. The number of fused-ring (bicyclic) bond motifs is 1. The third-order valence-electron chi connectivity index (χ3n) is 5.64. The van der Waals surface area contributed by atoms with E-state index in [1.54, 1.807) is 13.8 Å². The Morgan fingerprint density at radius 2 is 1.88 bits per heavy atom. The van der Waals surface area contributed by atoms with Crippen molar-refractivity contribution in [3.05, 3.63) is 10.6 Å². The summed E-state index contributed by atoms with van der Waals surface area (Å²) in [6.07, 6.45) is -1.90. The molecule has 12 heteroatoms. The lowest BCUT2D eigenvalue weighted by molar-refractivity contribution is -0.161. The highest BCUT2D eigenvalue weighted by atomic mass is 32.2. The molecule has 0 aromatic rings. The number of carboxylic acids is 1. The first kappa shape index (κ1) is 26.1. The molecule has 2 heterocycles. The van der Waals surface area contributed by atoms with Crippen LogP contribution in [0.1, 0.15) is 33.6 Å². The number of amides is 3. The molecule has 2 aliphatic rings. The monoisotopic (exact) mass is 473 g/mol. The topological polar surface area (TPSA) is 176 Å². The van der Waals surface area contributed by atoms with E-state index in [4.69, 9.17) is 0 Å². The number of carbonyl (C=O) groups excluding carboxylic acids is 3. The van der Waals surface area contributed by atoms with E-state index in [-0.39, 0.29) is 49.7 Å². The molecule has 0 aromatic heterocycles. The van der Waals surface area contributed by atoms with Gasteiger partial charge in [0.05, 0.1) is 24.7 Å². The standard InChI is InChI=1S/C20H31N3O8S/c1-10(25)14-11-8-12(15(19(30)31)23(11)18(14)29)32-7-6-21-13(26)4-5-22-17(28)16(27)20(2,3)9-24/h10-11,14,16,24-25,27H,4-9H2,1-3H3,(H,21,26)(H,22,28)(H,30,31)/t10?,11-,14-,16?/m1/s1. The zero-order valence-electron chi connectivity index (χ0n) is 18.3. The Morgan fingerprint density at radius 1 is 1.22 bits per heavy atom. The van der Waals surface area contributed by atoms with Gasteiger partial charge < -0.3 is 36.0 Å². The second-order valence-electron chi connectivity index (χ2n) is 8.61. The van der Waals surface area contributed by atoms with Crippen molar-refractivity contribution in [1.82, 2.24) is 15.5 Å². The SMILES string of the molecule is CC(O)[C@H]1C(=O)N2C(C(=O)O)=C(SCCNC(=O)CCNC(=O)C(O)C(C)(C)CO)C[C@H]12. The van der Waals surface area contributed by atoms with Crippen LogP contribution in [-0.2, 0) is 19.2 Å². The van der Waals surface area contributed by atoms with Gasteiger partial charge in [0.15, 0.2) is 0 Å². The molecule has 2 rings (SSSR count). The molecular formula is C20H31N3O8S. The van der Waals surface area contributed by atoms with Crippen molar-refractivity contribution in [2.45, 2.75) is 51.9 Å². The molecule has 0 aliphatic carbocycles. The lowest BCUT2D eigenvalue weighted by Crippen LogP contribution is -2.61. The van der Waals surface area contributed by atoms with Gasteiger partial charge in [0.1, 0.15) is 11.8 Å². The van der Waals surface area contributed by atoms with Crippen LogP contribution < -0.4 is 10.6 Å². The fraction of sp³-hybridized carbons (Fsp3) is 0.700. The molecule has 0 aromatic carbocycles. The summed E-state index contributed by atoms with van der Waals surface area (Å²) in [5.74, 6) is -2.79. The Bertz CT molecular complexity index is 798. The van der Waals surface area contributed by atoms with Crippen LogP contribution in [0.2, 0.25) is 0 Å². The highest BCUT2D eigenvalue weighted by molar-refractivity contribution is 8.03. The van der Waals surface area contributed by atoms with Crippen molar-refractivity contribution in [1.29, 1.82) is 0 Å². The Hall–Kier alpha value is -2.15. The number of aliphatic hydroxyl groups is 3. The van der Waals surface area contributed by atoms with Crippen LogP contribution >= 0.6 is 11.8 Å². The van der Waals surface area contributed by atoms with Crippen LogP contribution in [0.15, 0.2) is 10.6 Å². The van der Waals surface area contributed by atoms with Gasteiger partial charge in [-0.2, -0.15) is 0 Å². The van der Waals surface area contributed by atoms with E-state index in [1.165, 1.54) is 23.6 Å². The Balaban J connectivity index is 1.73. The molecule has 0 bridgehead atoms. The maximum Gasteiger partial charge on any atom is 0.353 e. The summed E-state index contributed by atoms with van der Waals surface area (Å²) in [4.78, 5) is 49.3. The van der Waals surface area contributed by atoms with Gasteiger partial charge in [-0.1, -0.05) is 13.8 Å². The number of carboxylic acid groups (broad SMARTS) is 1. The molecule has 0 saturated carbocycles. The van der Waals surface area contributed by atoms with E-state index in [0.29, 0.717) is 17.1 Å². The highest BCUT2D eigenvalue weighted by Crippen LogP contribution is 2.46. The average molecular weight is 474 g/mol. The molecule has 11 nitrogen and oxygen atoms in total. The minimum atomic E-state index is -1.40. The van der Waals surface area contributed by atoms with E-state index in [0.717, 1.165) is 0 Å². The second-order valence-corrected chi connectivity index (χ2v) is 9.80. The van der Waals surface area contributed by atoms with Gasteiger partial charge in [0.2, 0.25) is 17.7 Å². The molecule has 0 spiro atoms. The summed E-state index contributed by atoms with van der Waals surface area (Å²) < 4.78 is 0. The van der Waals surface area contributed by atoms with Gasteiger partial charge in [-0.25, -0.2) is 4.79 Å². The van der Waals surface area contributed by atoms with Crippen LogP contribution in [0, 0.1) is 11.3 Å². The second kappa shape index (κ2) is 10.6. The number of hydrogen-bond acceptors (Lipinski definition) is 8. The Kier molecular flexibility index (Phi) is 8.68. The van der Waals surface area contributed by atoms with E-state index in [2.05, 4.69) is 10.6 Å². The molecule has 6 N–H and O–H groups in total. The van der Waals surface area contributed by atoms with E-state index >= 15 is 0 Å². The zero-order chi connectivity index (χ0) is 24.2. The van der Waals surface area contributed by atoms with Crippen molar-refractivity contribution in [2.75, 3.05) is 25.4 Å². The molecule has 1 saturated heterocycles. The van der Waals surface area contributed by atoms with E-state index < -0.39 is 35.4 Å². The van der Waals surface area contributed by atoms with Crippen molar-refractivity contribution in [2.24, 2.45) is 11.3 Å². The van der Waals surface area contributed by atoms with E-state index in [1.807, 2.05) is 0 Å². The Morgan fingerprint density at radius 3 is 2.44 bits per heavy atom. The molecule has 180 valence electrons. The summed E-state index contributed by atoms with van der Waals surface area (Å²) in [5.41, 5.74) is -1.05. The molecule has 0 radical (unpaired) electrons. The van der Waals surface area contributed by atoms with Crippen LogP contribution in [0.25, 0.3) is 0 Å². The van der Waals surface area contributed by atoms with Gasteiger partial charge in [0, 0.05) is 42.0 Å². The maximum atomic E-state index is 12.2. The molecule has 2 aliphatic heterocycles. The first-order valence-corrected chi connectivity index (χ1v) is 11.3. The fourth-order valence-corrected chi connectivity index (χ4v) is 4.71. The minimum absolute atomic E-state index is 0.00776. The number of β-lactam (4-membered cyclic amide) rings is 1. The Labute approximate surface area is 190 Å². The zero-order valence-corrected chi connectivity index (χ0v) is 19.1. The fourth-order valence-electron chi connectivity index (χ4n) is 3.65. The van der Waals surface area contributed by atoms with Gasteiger partial charge in [-0.05, 0) is 6.92 Å². The summed E-state index contributed by atoms with van der Waals surface area (Å²) in [7, 11) is 0. The van der Waals surface area contributed by atoms with Crippen LogP contribution in [0.5, 0.6) is 0 Å². The number of hydrogen-bond donors (Lipinski definition) is 6. The van der Waals surface area contributed by atoms with Gasteiger partial charge in [0.25, 0.3) is 0 Å². The predicted octanol–water partition coefficient (Wildman–Crippen LogP) is -1.37. The van der Waals surface area contributed by atoms with Crippen LogP contribution in [-0.4, -0.2) is 92.7 Å². The van der Waals surface area contributed by atoms with Crippen molar-refractivity contribution >= 4 is 35.5 Å². The quantitative estimate of drug-likeness (QED) is 0.147. The summed E-state index contributed by atoms with van der Waals surface area (Å²) in [6, 6.07) is -0.347. The molecule has 32 heavy (non-hydrogen) atoms. The van der Waals surface area contributed by atoms with Crippen molar-refractivity contribution in [3.8, 4) is 0 Å². The molecule has 3 amide bonds. The number of thioether (sulfide) groups is 1. The molecule has 2 unspecified atom stereocenters. The first-order valence-electron chi connectivity index (χ1n) is 10.4. The van der Waals surface area contributed by atoms with Gasteiger partial charge >= 0.3 is 5.97 Å². The number of nitrogens with one attached hydrogen (secondary N) is 2. The minimum Gasteiger partial charge on any atom is -0.477 e. The van der Waals surface area contributed by atoms with Crippen LogP contribution in [0.3, 0.4) is 0 Å². The van der Waals surface area contributed by atoms with Gasteiger partial charge in [-0.15, -0.1) is 11.8 Å². The molecule has 4 atom stereocenters. The largest absolute Gasteiger partial charge is 0.477 e. The van der Waals surface area contributed by atoms with E-state index in [9.17, 15) is 39.6 Å². The van der Waals surface area contributed by atoms with Gasteiger partial charge in [-0.3, -0.25) is 14.4 Å². The number of aliphatic hydroxyl groups excluding tert-OH is 3. The third-order valence-corrected chi connectivity index (χ3v) is 6.76. The lowest BCUT2D eigenvalue weighted by atomic mass is 9.83. The van der Waals surface area contributed by atoms with Crippen LogP contribution in [0.4, 0.5) is 0 Å². The third kappa shape index (κ3) is 5.61. The molecular weight excluding hydrogens is 442 g/mol. The summed E-state index contributed by atoms with van der Waals surface area (Å²) in [6.45, 7) is 4.50. The van der Waals surface area contributed by atoms with Crippen molar-refractivity contribution < 1.29 is 39.6 Å².